The summed E-state index contributed by atoms with van der Waals surface area (Å²) in [6.07, 6.45) is -3.00. The van der Waals surface area contributed by atoms with Crippen molar-refractivity contribution in [3.63, 3.8) is 0 Å². The van der Waals surface area contributed by atoms with Crippen LogP contribution in [0.5, 0.6) is 11.5 Å². The van der Waals surface area contributed by atoms with Gasteiger partial charge in [-0.2, -0.15) is 13.2 Å². The molecule has 0 amide bonds. The monoisotopic (exact) mass is 556 g/mol. The summed E-state index contributed by atoms with van der Waals surface area (Å²) < 4.78 is 94.6. The maximum Gasteiger partial charge on any atom is 0.416 e. The van der Waals surface area contributed by atoms with Crippen molar-refractivity contribution >= 4 is 17.7 Å². The first-order chi connectivity index (χ1) is 18.4. The number of aliphatic carboxylic acids is 1. The lowest BCUT2D eigenvalue weighted by Crippen LogP contribution is -2.27. The number of alkyl halides is 5. The molecule has 0 bridgehead atoms. The Labute approximate surface area is 220 Å². The molecular weight excluding hydrogens is 530 g/mol. The Morgan fingerprint density at radius 2 is 1.97 bits per heavy atom. The largest absolute Gasteiger partial charge is 0.489 e. The summed E-state index contributed by atoms with van der Waals surface area (Å²) in [5, 5.41) is 9.17. The molecule has 1 N–H and O–H groups in total. The molecule has 2 fully saturated rings. The molecule has 6 nitrogen and oxygen atoms in total. The van der Waals surface area contributed by atoms with Crippen molar-refractivity contribution in [3.8, 4) is 11.5 Å². The first-order valence-electron chi connectivity index (χ1n) is 12.4. The number of carbonyl (C=O) groups is 1. The molecule has 0 aromatic heterocycles. The lowest BCUT2D eigenvalue weighted by atomic mass is 10.1. The highest BCUT2D eigenvalue weighted by atomic mass is 19.4. The number of halogens is 6. The fourth-order valence-electron chi connectivity index (χ4n) is 5.15. The Hall–Kier alpha value is -3.41. The third kappa shape index (κ3) is 6.10. The zero-order valence-electron chi connectivity index (χ0n) is 20.7. The van der Waals surface area contributed by atoms with E-state index in [0.29, 0.717) is 26.1 Å². The second-order valence-corrected chi connectivity index (χ2v) is 10.1. The average molecular weight is 557 g/mol. The molecular formula is C27H26F6N2O4. The highest BCUT2D eigenvalue weighted by Gasteiger charge is 2.40. The number of hydrogen-bond donors (Lipinski definition) is 1. The van der Waals surface area contributed by atoms with E-state index in [0.717, 1.165) is 17.7 Å². The summed E-state index contributed by atoms with van der Waals surface area (Å²) in [7, 11) is 0. The first-order valence-corrected chi connectivity index (χ1v) is 12.4. The number of likely N-dealkylation sites (tertiary alicyclic amines) is 1. The van der Waals surface area contributed by atoms with Crippen molar-refractivity contribution in [2.24, 2.45) is 5.92 Å². The minimum absolute atomic E-state index is 0.0247. The number of benzene rings is 2. The van der Waals surface area contributed by atoms with E-state index in [9.17, 15) is 31.1 Å². The number of nitrogens with zero attached hydrogens (tertiary/aromatic N) is 2. The van der Waals surface area contributed by atoms with Crippen molar-refractivity contribution in [1.29, 1.82) is 0 Å². The van der Waals surface area contributed by atoms with Crippen LogP contribution in [0.1, 0.15) is 29.5 Å². The normalized spacial score (nSPS) is 20.9. The van der Waals surface area contributed by atoms with Gasteiger partial charge in [-0.3, -0.25) is 9.69 Å². The van der Waals surface area contributed by atoms with E-state index in [4.69, 9.17) is 14.6 Å². The molecule has 5 rings (SSSR count). The fraction of sp³-hybridized carbons (Fsp3) is 0.444. The van der Waals surface area contributed by atoms with Crippen LogP contribution < -0.4 is 14.4 Å². The summed E-state index contributed by atoms with van der Waals surface area (Å²) >= 11 is 0. The van der Waals surface area contributed by atoms with Crippen LogP contribution in [-0.4, -0.2) is 61.2 Å². The van der Waals surface area contributed by atoms with Gasteiger partial charge in [0.25, 0.3) is 5.92 Å². The van der Waals surface area contributed by atoms with Gasteiger partial charge in [0.15, 0.2) is 0 Å². The lowest BCUT2D eigenvalue weighted by molar-refractivity contribution is -0.141. The molecule has 0 spiro atoms. The van der Waals surface area contributed by atoms with Gasteiger partial charge < -0.3 is 19.5 Å². The SMILES string of the molecule is O=C(O)C1CCN(CC2=Cc3c(F)cc(OCc4ccc(N5CCC(F)(F)C5)cc4C(F)(F)F)cc3OC2)C1. The van der Waals surface area contributed by atoms with Crippen LogP contribution in [0.3, 0.4) is 0 Å². The van der Waals surface area contributed by atoms with Crippen LogP contribution in [0.15, 0.2) is 35.9 Å². The van der Waals surface area contributed by atoms with Gasteiger partial charge in [-0.15, -0.1) is 0 Å². The molecule has 2 aromatic carbocycles. The van der Waals surface area contributed by atoms with Gasteiger partial charge in [-0.05, 0) is 36.7 Å². The zero-order chi connectivity index (χ0) is 27.9. The van der Waals surface area contributed by atoms with E-state index in [1.807, 2.05) is 4.90 Å². The van der Waals surface area contributed by atoms with Gasteiger partial charge in [0.2, 0.25) is 0 Å². The number of carboxylic acid groups (broad SMARTS) is 1. The van der Waals surface area contributed by atoms with Crippen LogP contribution >= 0.6 is 0 Å². The topological polar surface area (TPSA) is 62.2 Å². The Kier molecular flexibility index (Phi) is 7.17. The predicted molar refractivity (Wildman–Crippen MR) is 130 cm³/mol. The Balaban J connectivity index is 1.28. The molecule has 0 radical (unpaired) electrons. The number of rotatable bonds is 7. The third-order valence-electron chi connectivity index (χ3n) is 7.20. The maximum atomic E-state index is 14.9. The van der Waals surface area contributed by atoms with Gasteiger partial charge in [0.1, 0.15) is 30.5 Å². The number of carboxylic acids is 1. The van der Waals surface area contributed by atoms with Crippen LogP contribution in [-0.2, 0) is 17.6 Å². The molecule has 1 unspecified atom stereocenters. The molecule has 2 saturated heterocycles. The van der Waals surface area contributed by atoms with Crippen molar-refractivity contribution in [1.82, 2.24) is 4.90 Å². The molecule has 210 valence electrons. The fourth-order valence-corrected chi connectivity index (χ4v) is 5.15. The first kappa shape index (κ1) is 27.2. The number of ether oxygens (including phenoxy) is 2. The number of anilines is 1. The summed E-state index contributed by atoms with van der Waals surface area (Å²) in [5.41, 5.74) is -0.230. The van der Waals surface area contributed by atoms with Crippen molar-refractivity contribution in [2.45, 2.75) is 31.5 Å². The number of fused-ring (bicyclic) bond motifs is 1. The van der Waals surface area contributed by atoms with E-state index in [2.05, 4.69) is 0 Å². The highest BCUT2D eigenvalue weighted by molar-refractivity contribution is 5.70. The molecule has 0 saturated carbocycles. The quantitative estimate of drug-likeness (QED) is 0.458. The molecule has 3 heterocycles. The van der Waals surface area contributed by atoms with Gasteiger partial charge in [-0.1, -0.05) is 6.07 Å². The minimum Gasteiger partial charge on any atom is -0.489 e. The number of hydrogen-bond acceptors (Lipinski definition) is 5. The second-order valence-electron chi connectivity index (χ2n) is 10.1. The van der Waals surface area contributed by atoms with Crippen molar-refractivity contribution in [3.05, 3.63) is 58.4 Å². The lowest BCUT2D eigenvalue weighted by Gasteiger charge is -2.23. The van der Waals surface area contributed by atoms with Crippen LogP contribution in [0.2, 0.25) is 0 Å². The van der Waals surface area contributed by atoms with Crippen LogP contribution in [0.25, 0.3) is 6.08 Å². The van der Waals surface area contributed by atoms with E-state index in [1.165, 1.54) is 23.1 Å². The molecule has 3 aliphatic heterocycles. The molecule has 12 heteroatoms. The summed E-state index contributed by atoms with van der Waals surface area (Å²) in [6, 6.07) is 5.82. The molecule has 1 atom stereocenters. The molecule has 0 aliphatic carbocycles. The molecule has 3 aliphatic rings. The van der Waals surface area contributed by atoms with Crippen LogP contribution in [0.4, 0.5) is 32.0 Å². The third-order valence-corrected chi connectivity index (χ3v) is 7.20. The van der Waals surface area contributed by atoms with Gasteiger partial charge in [0.05, 0.1) is 23.6 Å². The zero-order valence-corrected chi connectivity index (χ0v) is 20.7. The van der Waals surface area contributed by atoms with E-state index < -0.39 is 54.9 Å². The molecule has 39 heavy (non-hydrogen) atoms. The van der Waals surface area contributed by atoms with E-state index >= 15 is 0 Å². The smallest absolute Gasteiger partial charge is 0.416 e. The minimum atomic E-state index is -4.75. The van der Waals surface area contributed by atoms with Gasteiger partial charge in [0, 0.05) is 49.4 Å². The Morgan fingerprint density at radius 3 is 2.64 bits per heavy atom. The second kappa shape index (κ2) is 10.3. The van der Waals surface area contributed by atoms with E-state index in [1.54, 1.807) is 6.08 Å². The molecule has 2 aromatic rings. The summed E-state index contributed by atoms with van der Waals surface area (Å²) in [5.74, 6) is -4.75. The van der Waals surface area contributed by atoms with Gasteiger partial charge in [-0.25, -0.2) is 13.2 Å². The summed E-state index contributed by atoms with van der Waals surface area (Å²) in [4.78, 5) is 14.4. The predicted octanol–water partition coefficient (Wildman–Crippen LogP) is 5.45. The highest BCUT2D eigenvalue weighted by Crippen LogP contribution is 2.39. The average Bonchev–Trinajstić information content (AvgIpc) is 3.48. The van der Waals surface area contributed by atoms with Crippen LogP contribution in [0, 0.1) is 11.7 Å². The van der Waals surface area contributed by atoms with Crippen molar-refractivity contribution in [2.75, 3.05) is 44.2 Å². The Morgan fingerprint density at radius 1 is 1.18 bits per heavy atom. The van der Waals surface area contributed by atoms with Crippen molar-refractivity contribution < 1.29 is 45.7 Å². The maximum absolute atomic E-state index is 14.9. The standard InChI is InChI=1S/C27H26F6N2O4/c28-23-9-20(10-24-21(23)7-16(13-39-24)11-34-5-3-17(12-34)25(36)37)38-14-18-1-2-19(8-22(18)27(31,32)33)35-6-4-26(29,30)15-35/h1-2,7-10,17H,3-6,11-15H2,(H,36,37). The van der Waals surface area contributed by atoms with Gasteiger partial charge >= 0.3 is 12.1 Å². The summed E-state index contributed by atoms with van der Waals surface area (Å²) in [6.45, 7) is 0.384. The Bertz CT molecular complexity index is 1300. The van der Waals surface area contributed by atoms with E-state index in [-0.39, 0.29) is 41.5 Å².